The Bertz CT molecular complexity index is 321. The summed E-state index contributed by atoms with van der Waals surface area (Å²) in [5.74, 6) is 0. The van der Waals surface area contributed by atoms with Crippen LogP contribution in [0.1, 0.15) is 29.9 Å². The van der Waals surface area contributed by atoms with E-state index in [2.05, 4.69) is 15.9 Å². The van der Waals surface area contributed by atoms with Crippen molar-refractivity contribution in [1.82, 2.24) is 0 Å². The van der Waals surface area contributed by atoms with Gasteiger partial charge in [-0.25, -0.2) is 0 Å². The lowest BCUT2D eigenvalue weighted by Gasteiger charge is -2.07. The quantitative estimate of drug-likeness (QED) is 0.873. The number of thiophene rings is 1. The summed E-state index contributed by atoms with van der Waals surface area (Å²) in [7, 11) is 0. The molecule has 0 amide bonds. The first-order valence-corrected chi connectivity index (χ1v) is 5.57. The molecule has 0 bridgehead atoms. The Morgan fingerprint density at radius 2 is 2.14 bits per heavy atom. The third-order valence-corrected chi connectivity index (χ3v) is 3.95. The molecular formula is C8H8BrF3OS. The van der Waals surface area contributed by atoms with Crippen LogP contribution in [-0.4, -0.2) is 5.11 Å². The Morgan fingerprint density at radius 1 is 1.57 bits per heavy atom. The normalized spacial score (nSPS) is 14.4. The monoisotopic (exact) mass is 288 g/mol. The highest BCUT2D eigenvalue weighted by Gasteiger charge is 2.35. The van der Waals surface area contributed by atoms with Crippen molar-refractivity contribution in [2.24, 2.45) is 0 Å². The highest BCUT2D eigenvalue weighted by atomic mass is 79.9. The van der Waals surface area contributed by atoms with Gasteiger partial charge in [-0.3, -0.25) is 0 Å². The van der Waals surface area contributed by atoms with Gasteiger partial charge < -0.3 is 5.11 Å². The molecule has 1 atom stereocenters. The Kier molecular flexibility index (Phi) is 3.60. The van der Waals surface area contributed by atoms with Crippen molar-refractivity contribution < 1.29 is 18.3 Å². The van der Waals surface area contributed by atoms with Crippen molar-refractivity contribution in [3.8, 4) is 0 Å². The molecular weight excluding hydrogens is 281 g/mol. The molecule has 80 valence electrons. The Balaban J connectivity index is 3.09. The molecule has 0 saturated heterocycles. The summed E-state index contributed by atoms with van der Waals surface area (Å²) in [6.07, 6.45) is -4.79. The summed E-state index contributed by atoms with van der Waals surface area (Å²) in [5.41, 5.74) is -0.718. The SMILES string of the molecule is CCC(O)c1scc(C(F)(F)F)c1Br. The summed E-state index contributed by atoms with van der Waals surface area (Å²) in [4.78, 5) is 0.333. The third-order valence-electron chi connectivity index (χ3n) is 1.75. The summed E-state index contributed by atoms with van der Waals surface area (Å²) in [6, 6.07) is 0. The first kappa shape index (κ1) is 12.0. The van der Waals surface area contributed by atoms with Gasteiger partial charge in [-0.05, 0) is 22.4 Å². The van der Waals surface area contributed by atoms with E-state index in [1.807, 2.05) is 0 Å². The zero-order valence-corrected chi connectivity index (χ0v) is 9.63. The van der Waals surface area contributed by atoms with Crippen LogP contribution in [-0.2, 0) is 6.18 Å². The van der Waals surface area contributed by atoms with E-state index in [0.717, 1.165) is 16.7 Å². The van der Waals surface area contributed by atoms with Crippen LogP contribution in [0.5, 0.6) is 0 Å². The van der Waals surface area contributed by atoms with Gasteiger partial charge in [-0.15, -0.1) is 11.3 Å². The van der Waals surface area contributed by atoms with Crippen molar-refractivity contribution in [3.63, 3.8) is 0 Å². The van der Waals surface area contributed by atoms with Gasteiger partial charge in [0.25, 0.3) is 0 Å². The van der Waals surface area contributed by atoms with Crippen LogP contribution in [0.25, 0.3) is 0 Å². The fourth-order valence-electron chi connectivity index (χ4n) is 0.960. The highest BCUT2D eigenvalue weighted by molar-refractivity contribution is 9.10. The average molecular weight is 289 g/mol. The van der Waals surface area contributed by atoms with E-state index in [1.165, 1.54) is 0 Å². The van der Waals surface area contributed by atoms with Gasteiger partial charge in [0.05, 0.1) is 11.7 Å². The molecule has 1 N–H and O–H groups in total. The number of alkyl halides is 3. The molecule has 1 aromatic heterocycles. The lowest BCUT2D eigenvalue weighted by molar-refractivity contribution is -0.137. The number of aliphatic hydroxyl groups excluding tert-OH is 1. The molecule has 0 aromatic carbocycles. The van der Waals surface area contributed by atoms with Gasteiger partial charge in [0.2, 0.25) is 0 Å². The second-order valence-corrected chi connectivity index (χ2v) is 4.45. The highest BCUT2D eigenvalue weighted by Crippen LogP contribution is 2.42. The van der Waals surface area contributed by atoms with Crippen LogP contribution in [0.15, 0.2) is 9.85 Å². The van der Waals surface area contributed by atoms with Gasteiger partial charge in [-0.1, -0.05) is 6.92 Å². The molecule has 0 radical (unpaired) electrons. The number of rotatable bonds is 2. The van der Waals surface area contributed by atoms with E-state index in [0.29, 0.717) is 11.3 Å². The maximum atomic E-state index is 12.3. The van der Waals surface area contributed by atoms with Crippen molar-refractivity contribution in [3.05, 3.63) is 20.3 Å². The number of hydrogen-bond acceptors (Lipinski definition) is 2. The van der Waals surface area contributed by atoms with Crippen LogP contribution in [0.3, 0.4) is 0 Å². The van der Waals surface area contributed by atoms with Crippen LogP contribution in [0.4, 0.5) is 13.2 Å². The first-order chi connectivity index (χ1) is 6.38. The smallest absolute Gasteiger partial charge is 0.388 e. The maximum absolute atomic E-state index is 12.3. The fraction of sp³-hybridized carbons (Fsp3) is 0.500. The Morgan fingerprint density at radius 3 is 2.50 bits per heavy atom. The largest absolute Gasteiger partial charge is 0.418 e. The minimum Gasteiger partial charge on any atom is -0.388 e. The molecule has 0 saturated carbocycles. The van der Waals surface area contributed by atoms with Crippen molar-refractivity contribution >= 4 is 27.3 Å². The number of hydrogen-bond donors (Lipinski definition) is 1. The zero-order valence-electron chi connectivity index (χ0n) is 7.23. The fourth-order valence-corrected chi connectivity index (χ4v) is 3.03. The minimum absolute atomic E-state index is 0.0376. The molecule has 14 heavy (non-hydrogen) atoms. The zero-order chi connectivity index (χ0) is 10.9. The van der Waals surface area contributed by atoms with Gasteiger partial charge >= 0.3 is 6.18 Å². The molecule has 1 unspecified atom stereocenters. The predicted molar refractivity (Wildman–Crippen MR) is 52.3 cm³/mol. The number of halogens is 4. The summed E-state index contributed by atoms with van der Waals surface area (Å²) in [6.45, 7) is 1.71. The third kappa shape index (κ3) is 2.29. The average Bonchev–Trinajstić information content (AvgIpc) is 2.45. The van der Waals surface area contributed by atoms with Crippen molar-refractivity contribution in [1.29, 1.82) is 0 Å². The number of aliphatic hydroxyl groups is 1. The lowest BCUT2D eigenvalue weighted by Crippen LogP contribution is -2.04. The minimum atomic E-state index is -4.36. The molecule has 1 heterocycles. The van der Waals surface area contributed by atoms with E-state index in [-0.39, 0.29) is 4.47 Å². The van der Waals surface area contributed by atoms with Crippen LogP contribution >= 0.6 is 27.3 Å². The second kappa shape index (κ2) is 4.20. The van der Waals surface area contributed by atoms with E-state index in [9.17, 15) is 18.3 Å². The van der Waals surface area contributed by atoms with E-state index >= 15 is 0 Å². The summed E-state index contributed by atoms with van der Waals surface area (Å²) in [5, 5.41) is 10.4. The molecule has 0 aliphatic carbocycles. The van der Waals surface area contributed by atoms with Crippen LogP contribution in [0, 0.1) is 0 Å². The Labute approximate surface area is 91.7 Å². The predicted octanol–water partition coefficient (Wildman–Crippen LogP) is 3.97. The van der Waals surface area contributed by atoms with Crippen molar-refractivity contribution in [2.45, 2.75) is 25.6 Å². The van der Waals surface area contributed by atoms with Crippen LogP contribution in [0.2, 0.25) is 0 Å². The van der Waals surface area contributed by atoms with Gasteiger partial charge in [0.15, 0.2) is 0 Å². The molecule has 0 fully saturated rings. The molecule has 0 spiro atoms. The first-order valence-electron chi connectivity index (χ1n) is 3.90. The molecule has 0 aliphatic heterocycles. The molecule has 6 heteroatoms. The summed E-state index contributed by atoms with van der Waals surface area (Å²) < 4.78 is 36.9. The summed E-state index contributed by atoms with van der Waals surface area (Å²) >= 11 is 3.78. The topological polar surface area (TPSA) is 20.2 Å². The van der Waals surface area contributed by atoms with Gasteiger partial charge in [0.1, 0.15) is 0 Å². The van der Waals surface area contributed by atoms with Gasteiger partial charge in [0, 0.05) is 14.7 Å². The standard InChI is InChI=1S/C8H8BrF3OS/c1-2-5(13)7-6(9)4(3-14-7)8(10,11)12/h3,5,13H,2H2,1H3. The van der Waals surface area contributed by atoms with E-state index in [1.54, 1.807) is 6.92 Å². The van der Waals surface area contributed by atoms with Crippen molar-refractivity contribution in [2.75, 3.05) is 0 Å². The lowest BCUT2D eigenvalue weighted by atomic mass is 10.2. The molecule has 0 aliphatic rings. The maximum Gasteiger partial charge on any atom is 0.418 e. The molecule has 1 nitrogen and oxygen atoms in total. The van der Waals surface area contributed by atoms with E-state index in [4.69, 9.17) is 0 Å². The van der Waals surface area contributed by atoms with E-state index < -0.39 is 17.8 Å². The Hall–Kier alpha value is -0.0700. The second-order valence-electron chi connectivity index (χ2n) is 2.75. The van der Waals surface area contributed by atoms with Gasteiger partial charge in [-0.2, -0.15) is 13.2 Å². The van der Waals surface area contributed by atoms with Crippen LogP contribution < -0.4 is 0 Å². The molecule has 1 aromatic rings. The molecule has 1 rings (SSSR count).